The van der Waals surface area contributed by atoms with E-state index >= 15 is 0 Å². The van der Waals surface area contributed by atoms with Crippen LogP contribution in [0.15, 0.2) is 17.5 Å². The Labute approximate surface area is 183 Å². The van der Waals surface area contributed by atoms with Gasteiger partial charge in [0.2, 0.25) is 11.0 Å². The lowest BCUT2D eigenvalue weighted by molar-refractivity contribution is -0.129. The maximum absolute atomic E-state index is 13.0. The number of aryl methyl sites for hydroxylation is 3. The van der Waals surface area contributed by atoms with Gasteiger partial charge in [-0.15, -0.1) is 21.5 Å². The fourth-order valence-electron chi connectivity index (χ4n) is 3.49. The quantitative estimate of drug-likeness (QED) is 0.592. The first-order valence-corrected chi connectivity index (χ1v) is 11.5. The molecule has 1 aliphatic rings. The Bertz CT molecular complexity index is 1070. The average molecular weight is 442 g/mol. The minimum absolute atomic E-state index is 0.0177. The molecule has 156 valence electrons. The summed E-state index contributed by atoms with van der Waals surface area (Å²) in [6.07, 6.45) is 6.33. The Morgan fingerprint density at radius 2 is 2.03 bits per heavy atom. The van der Waals surface area contributed by atoms with Crippen molar-refractivity contribution in [3.05, 3.63) is 44.7 Å². The molecule has 0 spiro atoms. The predicted molar refractivity (Wildman–Crippen MR) is 119 cm³/mol. The highest BCUT2D eigenvalue weighted by atomic mass is 32.1. The molecule has 10 heteroatoms. The van der Waals surface area contributed by atoms with Crippen molar-refractivity contribution in [1.82, 2.24) is 30.0 Å². The first kappa shape index (κ1) is 20.5. The molecular weight excluding hydrogens is 418 g/mol. The molecule has 0 unspecified atom stereocenters. The Morgan fingerprint density at radius 1 is 1.17 bits per heavy atom. The van der Waals surface area contributed by atoms with E-state index in [1.54, 1.807) is 23.5 Å². The van der Waals surface area contributed by atoms with Crippen molar-refractivity contribution >= 4 is 45.6 Å². The SMILES string of the molecule is Cc1nc(Nc2nnc(C)s2)cc([C@H]2CCCCN2C(=O)/C=C/c2csc(C)n2)n1. The molecular formula is C20H23N7OS2. The van der Waals surface area contributed by atoms with Crippen molar-refractivity contribution in [1.29, 1.82) is 0 Å². The molecule has 1 fully saturated rings. The summed E-state index contributed by atoms with van der Waals surface area (Å²) in [6.45, 7) is 6.44. The molecule has 4 rings (SSSR count). The number of hydrogen-bond acceptors (Lipinski definition) is 9. The number of likely N-dealkylation sites (tertiary alicyclic amines) is 1. The Hall–Kier alpha value is -2.72. The molecule has 1 saturated heterocycles. The molecule has 8 nitrogen and oxygen atoms in total. The van der Waals surface area contributed by atoms with E-state index in [1.807, 2.05) is 37.1 Å². The van der Waals surface area contributed by atoms with Gasteiger partial charge in [0.1, 0.15) is 16.6 Å². The normalized spacial score (nSPS) is 16.9. The molecule has 0 saturated carbocycles. The van der Waals surface area contributed by atoms with Crippen LogP contribution in [0.1, 0.15) is 52.5 Å². The molecule has 4 heterocycles. The summed E-state index contributed by atoms with van der Waals surface area (Å²) in [5, 5.41) is 15.8. The molecule has 1 amide bonds. The number of thiazole rings is 1. The van der Waals surface area contributed by atoms with E-state index < -0.39 is 0 Å². The fraction of sp³-hybridized carbons (Fsp3) is 0.400. The van der Waals surface area contributed by atoms with Crippen LogP contribution in [0.2, 0.25) is 0 Å². The summed E-state index contributed by atoms with van der Waals surface area (Å²) in [6, 6.07) is 1.83. The highest BCUT2D eigenvalue weighted by Crippen LogP contribution is 2.32. The van der Waals surface area contributed by atoms with Crippen LogP contribution in [-0.2, 0) is 4.79 Å². The van der Waals surface area contributed by atoms with E-state index in [-0.39, 0.29) is 11.9 Å². The first-order chi connectivity index (χ1) is 14.5. The van der Waals surface area contributed by atoms with Gasteiger partial charge in [0, 0.05) is 24.1 Å². The van der Waals surface area contributed by atoms with Gasteiger partial charge < -0.3 is 10.2 Å². The molecule has 0 aliphatic carbocycles. The topological polar surface area (TPSA) is 96.8 Å². The monoisotopic (exact) mass is 441 g/mol. The zero-order valence-electron chi connectivity index (χ0n) is 17.1. The fourth-order valence-corrected chi connectivity index (χ4v) is 4.67. The van der Waals surface area contributed by atoms with Crippen LogP contribution in [0.3, 0.4) is 0 Å². The maximum atomic E-state index is 13.0. The zero-order chi connectivity index (χ0) is 21.1. The molecule has 30 heavy (non-hydrogen) atoms. The smallest absolute Gasteiger partial charge is 0.247 e. The van der Waals surface area contributed by atoms with Crippen LogP contribution in [0.5, 0.6) is 0 Å². The van der Waals surface area contributed by atoms with Crippen molar-refractivity contribution in [2.45, 2.75) is 46.1 Å². The number of piperidine rings is 1. The summed E-state index contributed by atoms with van der Waals surface area (Å²) < 4.78 is 0. The van der Waals surface area contributed by atoms with E-state index in [9.17, 15) is 4.79 Å². The molecule has 1 aliphatic heterocycles. The minimum Gasteiger partial charge on any atom is -0.331 e. The number of nitrogens with zero attached hydrogens (tertiary/aromatic N) is 6. The Kier molecular flexibility index (Phi) is 6.14. The second kappa shape index (κ2) is 8.97. The number of anilines is 2. The minimum atomic E-state index is -0.0773. The number of carbonyl (C=O) groups excluding carboxylic acids is 1. The summed E-state index contributed by atoms with van der Waals surface area (Å²) in [4.78, 5) is 28.4. The second-order valence-electron chi connectivity index (χ2n) is 7.14. The van der Waals surface area contributed by atoms with Crippen LogP contribution >= 0.6 is 22.7 Å². The van der Waals surface area contributed by atoms with Gasteiger partial charge in [0.25, 0.3) is 0 Å². The van der Waals surface area contributed by atoms with Crippen LogP contribution in [0.4, 0.5) is 10.9 Å². The number of amides is 1. The van der Waals surface area contributed by atoms with Crippen molar-refractivity contribution in [3.63, 3.8) is 0 Å². The summed E-state index contributed by atoms with van der Waals surface area (Å²) in [5.74, 6) is 1.30. The third-order valence-corrected chi connectivity index (χ3v) is 6.33. The van der Waals surface area contributed by atoms with Crippen molar-refractivity contribution < 1.29 is 4.79 Å². The van der Waals surface area contributed by atoms with E-state index in [0.717, 1.165) is 40.7 Å². The molecule has 1 atom stereocenters. The number of nitrogens with one attached hydrogen (secondary N) is 1. The van der Waals surface area contributed by atoms with Crippen LogP contribution in [0, 0.1) is 20.8 Å². The van der Waals surface area contributed by atoms with E-state index in [1.165, 1.54) is 11.3 Å². The van der Waals surface area contributed by atoms with Gasteiger partial charge >= 0.3 is 0 Å². The third kappa shape index (κ3) is 4.88. The van der Waals surface area contributed by atoms with Crippen LogP contribution in [-0.4, -0.2) is 42.5 Å². The summed E-state index contributed by atoms with van der Waals surface area (Å²) in [7, 11) is 0. The van der Waals surface area contributed by atoms with Gasteiger partial charge in [-0.25, -0.2) is 15.0 Å². The average Bonchev–Trinajstić information content (AvgIpc) is 3.33. The third-order valence-electron chi connectivity index (χ3n) is 4.78. The highest BCUT2D eigenvalue weighted by molar-refractivity contribution is 7.15. The second-order valence-corrected chi connectivity index (χ2v) is 9.39. The van der Waals surface area contributed by atoms with Crippen molar-refractivity contribution in [2.24, 2.45) is 0 Å². The molecule has 3 aromatic heterocycles. The lowest BCUT2D eigenvalue weighted by atomic mass is 9.98. The van der Waals surface area contributed by atoms with E-state index in [0.29, 0.717) is 23.3 Å². The summed E-state index contributed by atoms with van der Waals surface area (Å²) >= 11 is 3.04. The van der Waals surface area contributed by atoms with Gasteiger partial charge in [-0.05, 0) is 46.1 Å². The van der Waals surface area contributed by atoms with E-state index in [4.69, 9.17) is 0 Å². The predicted octanol–water partition coefficient (Wildman–Crippen LogP) is 4.22. The molecule has 3 aromatic rings. The number of aromatic nitrogens is 5. The largest absolute Gasteiger partial charge is 0.331 e. The van der Waals surface area contributed by atoms with Gasteiger partial charge in [-0.3, -0.25) is 4.79 Å². The zero-order valence-corrected chi connectivity index (χ0v) is 18.8. The number of rotatable bonds is 5. The van der Waals surface area contributed by atoms with Crippen molar-refractivity contribution in [3.8, 4) is 0 Å². The van der Waals surface area contributed by atoms with Gasteiger partial charge in [-0.2, -0.15) is 0 Å². The molecule has 1 N–H and O–H groups in total. The van der Waals surface area contributed by atoms with Gasteiger partial charge in [0.15, 0.2) is 0 Å². The van der Waals surface area contributed by atoms with Crippen LogP contribution < -0.4 is 5.32 Å². The van der Waals surface area contributed by atoms with Gasteiger partial charge in [-0.1, -0.05) is 11.3 Å². The first-order valence-electron chi connectivity index (χ1n) is 9.81. The molecule has 0 bridgehead atoms. The summed E-state index contributed by atoms with van der Waals surface area (Å²) in [5.41, 5.74) is 1.66. The number of hydrogen-bond donors (Lipinski definition) is 1. The number of carbonyl (C=O) groups is 1. The standard InChI is InChI=1S/C20H23N7OS2/c1-12-21-16(10-18(22-12)24-20-26-25-14(3)30-20)17-6-4-5-9-27(17)19(28)8-7-15-11-29-13(2)23-15/h7-8,10-11,17H,4-6,9H2,1-3H3,(H,21,22,24,26)/b8-7+/t17-/m1/s1. The maximum Gasteiger partial charge on any atom is 0.247 e. The van der Waals surface area contributed by atoms with Gasteiger partial charge in [0.05, 0.1) is 22.4 Å². The van der Waals surface area contributed by atoms with Crippen molar-refractivity contribution in [2.75, 3.05) is 11.9 Å². The molecule has 0 radical (unpaired) electrons. The Morgan fingerprint density at radius 3 is 2.77 bits per heavy atom. The molecule has 0 aromatic carbocycles. The Balaban J connectivity index is 1.55. The lowest BCUT2D eigenvalue weighted by Gasteiger charge is -2.35. The van der Waals surface area contributed by atoms with E-state index in [2.05, 4.69) is 30.5 Å². The lowest BCUT2D eigenvalue weighted by Crippen LogP contribution is -2.38. The highest BCUT2D eigenvalue weighted by Gasteiger charge is 2.28. The van der Waals surface area contributed by atoms with Crippen LogP contribution in [0.25, 0.3) is 6.08 Å².